The maximum absolute atomic E-state index is 12.3. The number of halogens is 1. The SMILES string of the molecule is COc1cccc(CC(=O)c2cc(Br)ccc2C)c1. The van der Waals surface area contributed by atoms with Crippen LogP contribution < -0.4 is 4.74 Å². The van der Waals surface area contributed by atoms with Crippen molar-refractivity contribution in [2.45, 2.75) is 13.3 Å². The van der Waals surface area contributed by atoms with E-state index in [1.54, 1.807) is 7.11 Å². The summed E-state index contributed by atoms with van der Waals surface area (Å²) in [7, 11) is 1.62. The Morgan fingerprint density at radius 1 is 1.21 bits per heavy atom. The van der Waals surface area contributed by atoms with Crippen LogP contribution in [0.4, 0.5) is 0 Å². The van der Waals surface area contributed by atoms with Crippen LogP contribution >= 0.6 is 15.9 Å². The molecule has 0 bridgehead atoms. The van der Waals surface area contributed by atoms with Crippen molar-refractivity contribution < 1.29 is 9.53 Å². The lowest BCUT2D eigenvalue weighted by Crippen LogP contribution is -2.05. The van der Waals surface area contributed by atoms with Crippen molar-refractivity contribution in [3.63, 3.8) is 0 Å². The predicted octanol–water partition coefficient (Wildman–Crippen LogP) is 4.19. The molecule has 0 saturated heterocycles. The van der Waals surface area contributed by atoms with E-state index >= 15 is 0 Å². The standard InChI is InChI=1S/C16H15BrO2/c1-11-6-7-13(17)10-15(11)16(18)9-12-4-3-5-14(8-12)19-2/h3-8,10H,9H2,1-2H3. The third-order valence-electron chi connectivity index (χ3n) is 3.00. The van der Waals surface area contributed by atoms with Crippen molar-refractivity contribution in [3.05, 3.63) is 63.6 Å². The largest absolute Gasteiger partial charge is 0.497 e. The van der Waals surface area contributed by atoms with Gasteiger partial charge in [0, 0.05) is 16.5 Å². The average molecular weight is 319 g/mol. The summed E-state index contributed by atoms with van der Waals surface area (Å²) in [5.74, 6) is 0.892. The Hall–Kier alpha value is -1.61. The van der Waals surface area contributed by atoms with Gasteiger partial charge in [-0.05, 0) is 42.3 Å². The number of ketones is 1. The van der Waals surface area contributed by atoms with Gasteiger partial charge in [0.25, 0.3) is 0 Å². The van der Waals surface area contributed by atoms with Gasteiger partial charge in [-0.1, -0.05) is 34.1 Å². The number of Topliss-reactive ketones (excluding diaryl/α,β-unsaturated/α-hetero) is 1. The molecule has 2 aromatic rings. The minimum Gasteiger partial charge on any atom is -0.497 e. The molecule has 0 spiro atoms. The molecule has 2 aromatic carbocycles. The van der Waals surface area contributed by atoms with E-state index in [-0.39, 0.29) is 5.78 Å². The smallest absolute Gasteiger partial charge is 0.167 e. The first-order valence-corrected chi connectivity index (χ1v) is 6.81. The lowest BCUT2D eigenvalue weighted by atomic mass is 9.99. The molecule has 98 valence electrons. The second kappa shape index (κ2) is 6.02. The number of benzene rings is 2. The van der Waals surface area contributed by atoms with Crippen LogP contribution in [0, 0.1) is 6.92 Å². The van der Waals surface area contributed by atoms with Gasteiger partial charge in [-0.2, -0.15) is 0 Å². The van der Waals surface area contributed by atoms with Gasteiger partial charge >= 0.3 is 0 Å². The van der Waals surface area contributed by atoms with Crippen LogP contribution in [-0.2, 0) is 6.42 Å². The molecule has 3 heteroatoms. The number of ether oxygens (including phenoxy) is 1. The molecule has 0 aliphatic carbocycles. The average Bonchev–Trinajstić information content (AvgIpc) is 2.41. The van der Waals surface area contributed by atoms with E-state index in [1.807, 2.05) is 49.4 Å². The molecule has 0 unspecified atom stereocenters. The van der Waals surface area contributed by atoms with E-state index in [1.165, 1.54) is 0 Å². The Morgan fingerprint density at radius 2 is 2.00 bits per heavy atom. The predicted molar refractivity (Wildman–Crippen MR) is 79.9 cm³/mol. The highest BCUT2D eigenvalue weighted by Crippen LogP contribution is 2.19. The Kier molecular flexibility index (Phi) is 4.38. The van der Waals surface area contributed by atoms with Gasteiger partial charge in [-0.25, -0.2) is 0 Å². The summed E-state index contributed by atoms with van der Waals surface area (Å²) in [6.45, 7) is 1.95. The van der Waals surface area contributed by atoms with Crippen molar-refractivity contribution in [1.82, 2.24) is 0 Å². The number of hydrogen-bond donors (Lipinski definition) is 0. The number of rotatable bonds is 4. The molecule has 0 heterocycles. The van der Waals surface area contributed by atoms with Gasteiger partial charge < -0.3 is 4.74 Å². The highest BCUT2D eigenvalue weighted by atomic mass is 79.9. The first-order chi connectivity index (χ1) is 9.10. The summed E-state index contributed by atoms with van der Waals surface area (Å²) >= 11 is 3.40. The van der Waals surface area contributed by atoms with Gasteiger partial charge in [-0.15, -0.1) is 0 Å². The number of aryl methyl sites for hydroxylation is 1. The zero-order valence-corrected chi connectivity index (χ0v) is 12.5. The zero-order chi connectivity index (χ0) is 13.8. The Labute approximate surface area is 121 Å². The zero-order valence-electron chi connectivity index (χ0n) is 10.9. The maximum Gasteiger partial charge on any atom is 0.167 e. The number of carbonyl (C=O) groups is 1. The van der Waals surface area contributed by atoms with Crippen LogP contribution in [0.5, 0.6) is 5.75 Å². The molecule has 0 N–H and O–H groups in total. The van der Waals surface area contributed by atoms with Crippen molar-refractivity contribution in [3.8, 4) is 5.75 Å². The van der Waals surface area contributed by atoms with Crippen molar-refractivity contribution in [1.29, 1.82) is 0 Å². The molecule has 0 atom stereocenters. The highest BCUT2D eigenvalue weighted by Gasteiger charge is 2.11. The van der Waals surface area contributed by atoms with Crippen LogP contribution in [0.2, 0.25) is 0 Å². The van der Waals surface area contributed by atoms with Gasteiger partial charge in [-0.3, -0.25) is 4.79 Å². The number of hydrogen-bond acceptors (Lipinski definition) is 2. The molecule has 0 radical (unpaired) electrons. The van der Waals surface area contributed by atoms with E-state index < -0.39 is 0 Å². The van der Waals surface area contributed by atoms with Crippen LogP contribution in [-0.4, -0.2) is 12.9 Å². The number of carbonyl (C=O) groups excluding carboxylic acids is 1. The van der Waals surface area contributed by atoms with Crippen LogP contribution in [0.1, 0.15) is 21.5 Å². The molecule has 0 aliphatic rings. The fraction of sp³-hybridized carbons (Fsp3) is 0.188. The first kappa shape index (κ1) is 13.8. The van der Waals surface area contributed by atoms with Gasteiger partial charge in [0.05, 0.1) is 7.11 Å². The van der Waals surface area contributed by atoms with E-state index in [9.17, 15) is 4.79 Å². The van der Waals surface area contributed by atoms with Crippen LogP contribution in [0.25, 0.3) is 0 Å². The third kappa shape index (κ3) is 3.44. The second-order valence-electron chi connectivity index (χ2n) is 4.41. The Morgan fingerprint density at radius 3 is 2.74 bits per heavy atom. The quantitative estimate of drug-likeness (QED) is 0.790. The minimum absolute atomic E-state index is 0.118. The molecule has 0 aromatic heterocycles. The maximum atomic E-state index is 12.3. The monoisotopic (exact) mass is 318 g/mol. The summed E-state index contributed by atoms with van der Waals surface area (Å²) in [6, 6.07) is 13.4. The lowest BCUT2D eigenvalue weighted by molar-refractivity contribution is 0.0992. The van der Waals surface area contributed by atoms with E-state index in [0.717, 1.165) is 26.9 Å². The topological polar surface area (TPSA) is 26.3 Å². The van der Waals surface area contributed by atoms with Crippen molar-refractivity contribution in [2.24, 2.45) is 0 Å². The molecule has 2 rings (SSSR count). The highest BCUT2D eigenvalue weighted by molar-refractivity contribution is 9.10. The van der Waals surface area contributed by atoms with Crippen LogP contribution in [0.3, 0.4) is 0 Å². The molecule has 0 aliphatic heterocycles. The summed E-state index contributed by atoms with van der Waals surface area (Å²) < 4.78 is 6.09. The molecular formula is C16H15BrO2. The Balaban J connectivity index is 2.23. The third-order valence-corrected chi connectivity index (χ3v) is 3.49. The normalized spacial score (nSPS) is 10.3. The second-order valence-corrected chi connectivity index (χ2v) is 5.33. The fourth-order valence-corrected chi connectivity index (χ4v) is 2.32. The van der Waals surface area contributed by atoms with Gasteiger partial charge in [0.1, 0.15) is 5.75 Å². The minimum atomic E-state index is 0.118. The van der Waals surface area contributed by atoms with Crippen molar-refractivity contribution >= 4 is 21.7 Å². The molecule has 2 nitrogen and oxygen atoms in total. The summed E-state index contributed by atoms with van der Waals surface area (Å²) in [5, 5.41) is 0. The van der Waals surface area contributed by atoms with E-state index in [0.29, 0.717) is 6.42 Å². The lowest BCUT2D eigenvalue weighted by Gasteiger charge is -2.07. The number of methoxy groups -OCH3 is 1. The summed E-state index contributed by atoms with van der Waals surface area (Å²) in [5.41, 5.74) is 2.72. The van der Waals surface area contributed by atoms with E-state index in [4.69, 9.17) is 4.74 Å². The van der Waals surface area contributed by atoms with Gasteiger partial charge in [0.2, 0.25) is 0 Å². The Bertz CT molecular complexity index is 605. The summed E-state index contributed by atoms with van der Waals surface area (Å²) in [4.78, 5) is 12.3. The molecule has 0 amide bonds. The molecule has 0 fully saturated rings. The van der Waals surface area contributed by atoms with E-state index in [2.05, 4.69) is 15.9 Å². The molecule has 19 heavy (non-hydrogen) atoms. The molecular weight excluding hydrogens is 304 g/mol. The van der Waals surface area contributed by atoms with Gasteiger partial charge in [0.15, 0.2) is 5.78 Å². The summed E-state index contributed by atoms with van der Waals surface area (Å²) in [6.07, 6.45) is 0.383. The fourth-order valence-electron chi connectivity index (χ4n) is 1.96. The van der Waals surface area contributed by atoms with Crippen LogP contribution in [0.15, 0.2) is 46.9 Å². The first-order valence-electron chi connectivity index (χ1n) is 6.02. The molecule has 0 saturated carbocycles. The van der Waals surface area contributed by atoms with Crippen molar-refractivity contribution in [2.75, 3.05) is 7.11 Å².